The molecular weight excluding hydrogens is 667 g/mol. The van der Waals surface area contributed by atoms with Crippen LogP contribution in [-0.2, 0) is 19.5 Å². The Hall–Kier alpha value is -1.32. The molecule has 9 nitrogen and oxygen atoms in total. The Bertz CT molecular complexity index is 1420. The fourth-order valence-electron chi connectivity index (χ4n) is 10.2. The van der Waals surface area contributed by atoms with E-state index in [-0.39, 0.29) is 49.3 Å². The topological polar surface area (TPSA) is 95.2 Å². The first-order chi connectivity index (χ1) is 23.8. The van der Waals surface area contributed by atoms with Crippen molar-refractivity contribution in [3.05, 3.63) is 34.9 Å². The molecule has 5 unspecified atom stereocenters. The molecule has 7 rings (SSSR count). The molecule has 6 fully saturated rings. The number of rotatable bonds is 7. The largest absolute Gasteiger partial charge is 0.394 e. The first kappa shape index (κ1) is 37.0. The highest BCUT2D eigenvalue weighted by atomic mass is 32.2. The number of likely N-dealkylation sites (tertiary alicyclic amines) is 1. The van der Waals surface area contributed by atoms with Crippen molar-refractivity contribution in [2.75, 3.05) is 46.5 Å². The average Bonchev–Trinajstić information content (AvgIpc) is 3.85. The molecule has 13 heteroatoms. The minimum atomic E-state index is -4.25. The molecule has 1 aromatic carbocycles. The summed E-state index contributed by atoms with van der Waals surface area (Å²) in [4.78, 5) is 4.85. The van der Waals surface area contributed by atoms with Crippen molar-refractivity contribution in [2.24, 2.45) is 16.7 Å². The van der Waals surface area contributed by atoms with Crippen LogP contribution in [0.1, 0.15) is 99.8 Å². The number of aryl methyl sites for hydroxylation is 2. The van der Waals surface area contributed by atoms with Crippen molar-refractivity contribution >= 4 is 10.0 Å². The molecule has 3 saturated heterocycles. The summed E-state index contributed by atoms with van der Waals surface area (Å²) in [6.07, 6.45) is 2.32. The second kappa shape index (κ2) is 14.5. The van der Waals surface area contributed by atoms with Crippen LogP contribution in [0.3, 0.4) is 0 Å². The van der Waals surface area contributed by atoms with Crippen LogP contribution in [0.25, 0.3) is 0 Å². The zero-order valence-corrected chi connectivity index (χ0v) is 30.9. The maximum absolute atomic E-state index is 14.6. The van der Waals surface area contributed by atoms with Gasteiger partial charge in [0, 0.05) is 44.7 Å². The van der Waals surface area contributed by atoms with Gasteiger partial charge in [0.15, 0.2) is 0 Å². The third-order valence-corrected chi connectivity index (χ3v) is 15.2. The number of ether oxygens (including phenoxy) is 2. The number of hydrogen-bond donors (Lipinski definition) is 3. The molecule has 1 spiro atoms. The Morgan fingerprint density at radius 3 is 2.40 bits per heavy atom. The average molecular weight is 726 g/mol. The Labute approximate surface area is 296 Å². The van der Waals surface area contributed by atoms with Gasteiger partial charge in [-0.15, -0.1) is 0 Å². The van der Waals surface area contributed by atoms with Crippen LogP contribution in [0.5, 0.6) is 0 Å². The maximum atomic E-state index is 14.6. The lowest BCUT2D eigenvalue weighted by molar-refractivity contribution is -0.197. The van der Waals surface area contributed by atoms with Gasteiger partial charge in [0.25, 0.3) is 0 Å². The van der Waals surface area contributed by atoms with E-state index in [2.05, 4.69) is 51.1 Å². The highest BCUT2D eigenvalue weighted by molar-refractivity contribution is 7.90. The van der Waals surface area contributed by atoms with E-state index in [1.54, 1.807) is 7.11 Å². The van der Waals surface area contributed by atoms with Crippen LogP contribution < -0.4 is 15.4 Å². The Balaban J connectivity index is 1.18. The Kier molecular flexibility index (Phi) is 10.7. The fourth-order valence-corrected chi connectivity index (χ4v) is 11.8. The van der Waals surface area contributed by atoms with Crippen molar-refractivity contribution in [3.8, 4) is 0 Å². The van der Waals surface area contributed by atoms with E-state index in [0.29, 0.717) is 25.8 Å². The van der Waals surface area contributed by atoms with E-state index in [0.717, 1.165) is 81.5 Å². The van der Waals surface area contributed by atoms with E-state index in [9.17, 15) is 21.6 Å². The van der Waals surface area contributed by atoms with Gasteiger partial charge in [-0.3, -0.25) is 15.5 Å². The molecule has 4 bridgehead atoms. The van der Waals surface area contributed by atoms with E-state index < -0.39 is 45.4 Å². The highest BCUT2D eigenvalue weighted by Crippen LogP contribution is 2.61. The number of nitrogens with zero attached hydrogens (tertiary/aromatic N) is 2. The summed E-state index contributed by atoms with van der Waals surface area (Å²) in [5.41, 5.74) is 1.88. The summed E-state index contributed by atoms with van der Waals surface area (Å²) < 4.78 is 86.7. The first-order valence-electron chi connectivity index (χ1n) is 19.0. The molecule has 3 aliphatic heterocycles. The molecule has 0 radical (unpaired) electrons. The monoisotopic (exact) mass is 725 g/mol. The number of benzene rings is 1. The molecule has 6 atom stereocenters. The van der Waals surface area contributed by atoms with Crippen molar-refractivity contribution in [3.63, 3.8) is 0 Å². The number of piperidine rings is 1. The van der Waals surface area contributed by atoms with Gasteiger partial charge in [-0.25, -0.2) is 8.42 Å². The van der Waals surface area contributed by atoms with Crippen LogP contribution in [0.15, 0.2) is 18.2 Å². The number of methoxy groups -OCH3 is 1. The number of hydrogen-bond acceptors (Lipinski definition) is 8. The number of halogens is 3. The SMILES string of the molecule is COCCN1CCC2(CC1)CC(N1CC3CCCC(C3)S(=O)(=O)NC3NC(CC(c4c(C)cccc4C)N3)OC[C@H]1CC1(C(F)(F)F)CC1)C2. The minimum Gasteiger partial charge on any atom is -0.383 e. The van der Waals surface area contributed by atoms with Crippen LogP contribution >= 0.6 is 0 Å². The predicted molar refractivity (Wildman–Crippen MR) is 187 cm³/mol. The highest BCUT2D eigenvalue weighted by Gasteiger charge is 2.64. The lowest BCUT2D eigenvalue weighted by Gasteiger charge is -2.57. The number of alkyl halides is 3. The van der Waals surface area contributed by atoms with Gasteiger partial charge in [-0.2, -0.15) is 17.9 Å². The minimum absolute atomic E-state index is 0.0339. The second-order valence-corrected chi connectivity index (χ2v) is 18.7. The number of sulfonamides is 1. The molecular formula is C37H58F3N5O4S. The van der Waals surface area contributed by atoms with E-state index in [1.807, 2.05) is 6.07 Å². The zero-order valence-electron chi connectivity index (χ0n) is 30.1. The molecule has 50 heavy (non-hydrogen) atoms. The maximum Gasteiger partial charge on any atom is 0.394 e. The molecule has 3 heterocycles. The Morgan fingerprint density at radius 1 is 1.02 bits per heavy atom. The van der Waals surface area contributed by atoms with Gasteiger partial charge in [-0.1, -0.05) is 24.6 Å². The third kappa shape index (κ3) is 7.81. The molecule has 0 amide bonds. The quantitative estimate of drug-likeness (QED) is 0.347. The summed E-state index contributed by atoms with van der Waals surface area (Å²) in [6.45, 7) is 8.62. The fraction of sp³-hybridized carbons (Fsp3) is 0.838. The second-order valence-electron chi connectivity index (χ2n) is 16.7. The van der Waals surface area contributed by atoms with Crippen molar-refractivity contribution in [1.82, 2.24) is 25.2 Å². The summed E-state index contributed by atoms with van der Waals surface area (Å²) in [5, 5.41) is 6.31. The van der Waals surface area contributed by atoms with Crippen molar-refractivity contribution in [1.29, 1.82) is 0 Å². The lowest BCUT2D eigenvalue weighted by atomic mass is 9.59. The van der Waals surface area contributed by atoms with Crippen molar-refractivity contribution < 1.29 is 31.1 Å². The van der Waals surface area contributed by atoms with Gasteiger partial charge in [0.2, 0.25) is 10.0 Å². The predicted octanol–water partition coefficient (Wildman–Crippen LogP) is 5.34. The van der Waals surface area contributed by atoms with E-state index in [1.165, 1.54) is 0 Å². The smallest absolute Gasteiger partial charge is 0.383 e. The van der Waals surface area contributed by atoms with Crippen LogP contribution in [0.2, 0.25) is 0 Å². The van der Waals surface area contributed by atoms with Gasteiger partial charge < -0.3 is 14.4 Å². The van der Waals surface area contributed by atoms with Gasteiger partial charge in [-0.05, 0) is 119 Å². The van der Waals surface area contributed by atoms with Gasteiger partial charge in [0.05, 0.1) is 23.9 Å². The van der Waals surface area contributed by atoms with Crippen LogP contribution in [-0.4, -0.2) is 101 Å². The van der Waals surface area contributed by atoms with Crippen LogP contribution in [0, 0.1) is 30.6 Å². The summed E-state index contributed by atoms with van der Waals surface area (Å²) in [7, 11) is -1.97. The van der Waals surface area contributed by atoms with E-state index in [4.69, 9.17) is 9.47 Å². The normalized spacial score (nSPS) is 35.0. The zero-order chi connectivity index (χ0) is 35.3. The van der Waals surface area contributed by atoms with Gasteiger partial charge >= 0.3 is 6.18 Å². The lowest BCUT2D eigenvalue weighted by Crippen LogP contribution is -2.64. The summed E-state index contributed by atoms with van der Waals surface area (Å²) >= 11 is 0. The van der Waals surface area contributed by atoms with E-state index >= 15 is 0 Å². The standard InChI is InChI=1S/C37H58F3N5O4S/c1-25-6-4-7-26(2)33(25)31-19-32-42-34(41-31)43-50(46,47)30-9-5-8-27(18-30)23-45(29(24-49-32)22-36(10-11-36)37(38,39)40)28-20-35(21-28)12-14-44(15-13-35)16-17-48-3/h4,6-7,27-32,34,41-43H,5,8-24H2,1-3H3/t27?,29-,30?,31?,32?,34?/m1/s1. The van der Waals surface area contributed by atoms with Crippen molar-refractivity contribution in [2.45, 2.75) is 133 Å². The molecule has 0 aromatic heterocycles. The third-order valence-electron chi connectivity index (χ3n) is 13.4. The van der Waals surface area contributed by atoms with Gasteiger partial charge in [0.1, 0.15) is 12.5 Å². The summed E-state index contributed by atoms with van der Waals surface area (Å²) in [5.74, 6) is 0.102. The molecule has 3 saturated carbocycles. The molecule has 3 N–H and O–H groups in total. The number of fused-ring (bicyclic) bond motifs is 4. The molecule has 3 aliphatic carbocycles. The summed E-state index contributed by atoms with van der Waals surface area (Å²) in [6, 6.07) is 5.71. The Morgan fingerprint density at radius 2 is 1.74 bits per heavy atom. The first-order valence-corrected chi connectivity index (χ1v) is 20.6. The molecule has 1 aromatic rings. The molecule has 6 aliphatic rings. The molecule has 282 valence electrons. The van der Waals surface area contributed by atoms with Crippen LogP contribution in [0.4, 0.5) is 13.2 Å². The number of nitrogens with one attached hydrogen (secondary N) is 3.